The van der Waals surface area contributed by atoms with Crippen molar-refractivity contribution in [2.24, 2.45) is 0 Å². The lowest BCUT2D eigenvalue weighted by Crippen LogP contribution is -2.33. The van der Waals surface area contributed by atoms with Crippen LogP contribution >= 0.6 is 7.60 Å². The first-order valence-corrected chi connectivity index (χ1v) is 20.2. The summed E-state index contributed by atoms with van der Waals surface area (Å²) >= 11 is 0. The van der Waals surface area contributed by atoms with E-state index in [1.807, 2.05) is 95.6 Å². The second-order valence-electron chi connectivity index (χ2n) is 13.4. The minimum Gasteiger partial charge on any atom is -0.431 e. The van der Waals surface area contributed by atoms with E-state index in [1.54, 1.807) is 41.1 Å². The standard InChI is InChI=1S/C40H48N5O12P/c1-27(2)53-37(46)55-39(56-38(47)54-28(3)4)57-58(48,49)26-52-23-22-32(24-50-5)45-25-41-33-34(44-51-6)42-36(43-35(33)45)40(29-16-10-7-11-17-29,30-18-12-8-13-19-30)31-20-14-9-15-21-31/h7-21,25,27-28,32,39H,22-24,26H2,1-6H3,(H,48,49)(H,42,43,44). The van der Waals surface area contributed by atoms with Crippen LogP contribution in [0.15, 0.2) is 97.3 Å². The molecule has 0 bridgehead atoms. The number of carbonyl (C=O) groups is 2. The highest BCUT2D eigenvalue weighted by Gasteiger charge is 2.42. The number of ether oxygens (including phenoxy) is 6. The van der Waals surface area contributed by atoms with Crippen LogP contribution in [0.25, 0.3) is 11.2 Å². The Balaban J connectivity index is 1.45. The Labute approximate surface area is 336 Å². The number of hydrogen-bond acceptors (Lipinski definition) is 15. The summed E-state index contributed by atoms with van der Waals surface area (Å²) in [4.78, 5) is 55.2. The van der Waals surface area contributed by atoms with Crippen LogP contribution < -0.4 is 5.48 Å². The molecule has 0 spiro atoms. The molecule has 3 aromatic carbocycles. The fraction of sp³-hybridized carbons (Fsp3) is 0.375. The molecular formula is C40H48N5O12P. The Morgan fingerprint density at radius 2 is 1.31 bits per heavy atom. The van der Waals surface area contributed by atoms with Crippen molar-refractivity contribution in [1.29, 1.82) is 0 Å². The molecule has 2 atom stereocenters. The van der Waals surface area contributed by atoms with Crippen LogP contribution in [0, 0.1) is 0 Å². The summed E-state index contributed by atoms with van der Waals surface area (Å²) in [6.45, 7) is 4.02. The molecule has 0 aliphatic carbocycles. The van der Waals surface area contributed by atoms with Crippen molar-refractivity contribution in [3.05, 3.63) is 120 Å². The molecule has 0 radical (unpaired) electrons. The summed E-state index contributed by atoms with van der Waals surface area (Å²) in [5.41, 5.74) is 5.53. The first-order chi connectivity index (χ1) is 27.9. The molecule has 58 heavy (non-hydrogen) atoms. The predicted octanol–water partition coefficient (Wildman–Crippen LogP) is 7.34. The average molecular weight is 822 g/mol. The van der Waals surface area contributed by atoms with E-state index in [-0.39, 0.29) is 19.6 Å². The van der Waals surface area contributed by atoms with Crippen molar-refractivity contribution in [2.45, 2.75) is 64.3 Å². The lowest BCUT2D eigenvalue weighted by atomic mass is 9.68. The zero-order valence-corrected chi connectivity index (χ0v) is 33.9. The van der Waals surface area contributed by atoms with Gasteiger partial charge in [0.2, 0.25) is 0 Å². The minimum atomic E-state index is -4.71. The molecule has 5 rings (SSSR count). The summed E-state index contributed by atoms with van der Waals surface area (Å²) in [5.74, 6) is 0.761. The second kappa shape index (κ2) is 20.3. The van der Waals surface area contributed by atoms with E-state index in [0.29, 0.717) is 22.8 Å². The topological polar surface area (TPSA) is 201 Å². The number of anilines is 1. The largest absolute Gasteiger partial charge is 0.513 e. The van der Waals surface area contributed by atoms with E-state index in [2.05, 4.69) is 10.5 Å². The molecular weight excluding hydrogens is 773 g/mol. The molecule has 2 N–H and O–H groups in total. The van der Waals surface area contributed by atoms with Gasteiger partial charge < -0.3 is 37.9 Å². The Kier molecular flexibility index (Phi) is 15.3. The molecule has 0 aliphatic heterocycles. The molecule has 0 saturated carbocycles. The maximum atomic E-state index is 13.1. The van der Waals surface area contributed by atoms with Gasteiger partial charge in [0.25, 0.3) is 0 Å². The van der Waals surface area contributed by atoms with E-state index < -0.39 is 56.4 Å². The number of methoxy groups -OCH3 is 1. The Morgan fingerprint density at radius 1 is 0.793 bits per heavy atom. The van der Waals surface area contributed by atoms with Crippen molar-refractivity contribution in [2.75, 3.05) is 39.3 Å². The number of aromatic nitrogens is 4. The number of fused-ring (bicyclic) bond motifs is 1. The monoisotopic (exact) mass is 821 g/mol. The van der Waals surface area contributed by atoms with E-state index in [9.17, 15) is 19.0 Å². The molecule has 2 unspecified atom stereocenters. The summed E-state index contributed by atoms with van der Waals surface area (Å²) in [6.07, 6.45) is -2.84. The van der Waals surface area contributed by atoms with Gasteiger partial charge in [0.1, 0.15) is 11.8 Å². The quantitative estimate of drug-likeness (QED) is 0.0197. The Morgan fingerprint density at radius 3 is 1.78 bits per heavy atom. The Bertz CT molecular complexity index is 2000. The van der Waals surface area contributed by atoms with Crippen LogP contribution in [0.2, 0.25) is 0 Å². The maximum Gasteiger partial charge on any atom is 0.513 e. The number of imidazole rings is 1. The minimum absolute atomic E-state index is 0.0815. The fourth-order valence-corrected chi connectivity index (χ4v) is 6.97. The number of rotatable bonds is 20. The highest BCUT2D eigenvalue weighted by atomic mass is 31.2. The lowest BCUT2D eigenvalue weighted by Gasteiger charge is -2.34. The van der Waals surface area contributed by atoms with Crippen molar-refractivity contribution in [3.63, 3.8) is 0 Å². The van der Waals surface area contributed by atoms with Crippen LogP contribution in [0.4, 0.5) is 15.4 Å². The lowest BCUT2D eigenvalue weighted by molar-refractivity contribution is -0.209. The van der Waals surface area contributed by atoms with Crippen LogP contribution in [0.3, 0.4) is 0 Å². The summed E-state index contributed by atoms with van der Waals surface area (Å²) < 4.78 is 50.4. The molecule has 0 aliphatic rings. The molecule has 0 saturated heterocycles. The third-order valence-electron chi connectivity index (χ3n) is 8.48. The van der Waals surface area contributed by atoms with Gasteiger partial charge in [-0.2, -0.15) is 0 Å². The summed E-state index contributed by atoms with van der Waals surface area (Å²) in [5, 5.41) is 0. The summed E-state index contributed by atoms with van der Waals surface area (Å²) in [6, 6.07) is 29.5. The van der Waals surface area contributed by atoms with Gasteiger partial charge in [-0.3, -0.25) is 9.40 Å². The number of benzene rings is 3. The third kappa shape index (κ3) is 10.9. The van der Waals surface area contributed by atoms with Gasteiger partial charge in [0.05, 0.1) is 38.3 Å². The van der Waals surface area contributed by atoms with E-state index in [0.717, 1.165) is 16.7 Å². The second-order valence-corrected chi connectivity index (χ2v) is 15.2. The van der Waals surface area contributed by atoms with E-state index >= 15 is 0 Å². The molecule has 2 aromatic heterocycles. The van der Waals surface area contributed by atoms with Crippen LogP contribution in [0.1, 0.15) is 62.7 Å². The molecule has 18 heteroatoms. The zero-order valence-electron chi connectivity index (χ0n) is 33.0. The van der Waals surface area contributed by atoms with Crippen LogP contribution in [0.5, 0.6) is 0 Å². The van der Waals surface area contributed by atoms with Crippen molar-refractivity contribution < 1.29 is 56.8 Å². The molecule has 17 nitrogen and oxygen atoms in total. The number of nitrogens with zero attached hydrogens (tertiary/aromatic N) is 4. The van der Waals surface area contributed by atoms with Gasteiger partial charge in [-0.25, -0.2) is 34.5 Å². The predicted molar refractivity (Wildman–Crippen MR) is 211 cm³/mol. The highest BCUT2D eigenvalue weighted by molar-refractivity contribution is 7.52. The van der Waals surface area contributed by atoms with E-state index in [4.69, 9.17) is 47.8 Å². The maximum absolute atomic E-state index is 13.1. The van der Waals surface area contributed by atoms with Gasteiger partial charge in [0.15, 0.2) is 22.8 Å². The zero-order chi connectivity index (χ0) is 41.7. The molecule has 5 aromatic rings. The Hall–Kier alpha value is -5.42. The SMILES string of the molecule is COCC(CCOCP(=O)(O)OC(OC(=O)OC(C)C)OC(=O)OC(C)C)n1cnc2c(NOC)nc(C(c3ccccc3)(c3ccccc3)c3ccccc3)nc21. The fourth-order valence-electron chi connectivity index (χ4n) is 6.20. The van der Waals surface area contributed by atoms with Gasteiger partial charge in [-0.15, -0.1) is 0 Å². The number of nitrogens with one attached hydrogen (secondary N) is 1. The van der Waals surface area contributed by atoms with Crippen LogP contribution in [-0.4, -0.2) is 89.2 Å². The normalized spacial score (nSPS) is 13.3. The molecule has 0 amide bonds. The first kappa shape index (κ1) is 43.7. The van der Waals surface area contributed by atoms with Crippen molar-refractivity contribution in [1.82, 2.24) is 19.5 Å². The molecule has 0 fully saturated rings. The smallest absolute Gasteiger partial charge is 0.431 e. The number of carbonyl (C=O) groups excluding carboxylic acids is 2. The van der Waals surface area contributed by atoms with Gasteiger partial charge in [0, 0.05) is 13.7 Å². The molecule has 2 heterocycles. The summed E-state index contributed by atoms with van der Waals surface area (Å²) in [7, 11) is -1.69. The third-order valence-corrected chi connectivity index (χ3v) is 9.49. The first-order valence-electron chi connectivity index (χ1n) is 18.4. The molecule has 310 valence electrons. The number of hydrogen-bond donors (Lipinski definition) is 2. The van der Waals surface area contributed by atoms with Crippen molar-refractivity contribution >= 4 is 36.9 Å². The van der Waals surface area contributed by atoms with E-state index in [1.165, 1.54) is 7.11 Å². The van der Waals surface area contributed by atoms with Gasteiger partial charge in [-0.05, 0) is 50.8 Å². The van der Waals surface area contributed by atoms with Gasteiger partial charge in [-0.1, -0.05) is 91.0 Å². The average Bonchev–Trinajstić information content (AvgIpc) is 3.61. The van der Waals surface area contributed by atoms with Gasteiger partial charge >= 0.3 is 26.4 Å². The highest BCUT2D eigenvalue weighted by Crippen LogP contribution is 2.45. The van der Waals surface area contributed by atoms with Crippen molar-refractivity contribution in [3.8, 4) is 0 Å². The van der Waals surface area contributed by atoms with Crippen LogP contribution in [-0.2, 0) is 47.8 Å².